The highest BCUT2D eigenvalue weighted by molar-refractivity contribution is 7.09. The number of anilines is 1. The van der Waals surface area contributed by atoms with E-state index in [-0.39, 0.29) is 11.8 Å². The summed E-state index contributed by atoms with van der Waals surface area (Å²) in [7, 11) is 0. The molecule has 1 N–H and O–H groups in total. The first-order chi connectivity index (χ1) is 15.7. The smallest absolute Gasteiger partial charge is 0.224 e. The van der Waals surface area contributed by atoms with E-state index in [0.717, 1.165) is 48.4 Å². The maximum absolute atomic E-state index is 12.8. The van der Waals surface area contributed by atoms with E-state index in [4.69, 9.17) is 16.7 Å². The van der Waals surface area contributed by atoms with E-state index in [9.17, 15) is 4.79 Å². The van der Waals surface area contributed by atoms with Crippen LogP contribution in [-0.4, -0.2) is 40.1 Å². The van der Waals surface area contributed by atoms with Crippen LogP contribution in [0.5, 0.6) is 0 Å². The molecule has 0 bridgehead atoms. The number of hydrogen-bond acceptors (Lipinski definition) is 5. The number of carbonyl (C=O) groups is 1. The molecule has 164 valence electrons. The van der Waals surface area contributed by atoms with Gasteiger partial charge in [0.15, 0.2) is 5.82 Å². The molecule has 5 rings (SSSR count). The van der Waals surface area contributed by atoms with Crippen molar-refractivity contribution in [2.75, 3.05) is 24.5 Å². The van der Waals surface area contributed by atoms with Gasteiger partial charge in [0.1, 0.15) is 5.52 Å². The highest BCUT2D eigenvalue weighted by Gasteiger charge is 2.27. The Morgan fingerprint density at radius 3 is 3.00 bits per heavy atom. The number of thiophene rings is 1. The second kappa shape index (κ2) is 9.30. The molecule has 1 amide bonds. The molecule has 3 aromatic heterocycles. The fourth-order valence-electron chi connectivity index (χ4n) is 4.24. The zero-order valence-electron chi connectivity index (χ0n) is 17.6. The van der Waals surface area contributed by atoms with Crippen molar-refractivity contribution in [2.24, 2.45) is 5.92 Å². The molecule has 0 saturated carbocycles. The number of fused-ring (bicyclic) bond motifs is 1. The second-order valence-corrected chi connectivity index (χ2v) is 9.44. The summed E-state index contributed by atoms with van der Waals surface area (Å²) < 4.78 is 1.84. The molecule has 8 heteroatoms. The summed E-state index contributed by atoms with van der Waals surface area (Å²) in [6.07, 6.45) is 6.33. The predicted molar refractivity (Wildman–Crippen MR) is 129 cm³/mol. The van der Waals surface area contributed by atoms with Crippen LogP contribution >= 0.6 is 22.9 Å². The largest absolute Gasteiger partial charge is 0.355 e. The highest BCUT2D eigenvalue weighted by Crippen LogP contribution is 2.31. The van der Waals surface area contributed by atoms with Crippen molar-refractivity contribution in [3.05, 3.63) is 70.1 Å². The topological polar surface area (TPSA) is 62.5 Å². The number of aromatic nitrogens is 3. The molecule has 1 aliphatic heterocycles. The fourth-order valence-corrected chi connectivity index (χ4v) is 5.19. The first kappa shape index (κ1) is 21.0. The minimum absolute atomic E-state index is 0.0416. The highest BCUT2D eigenvalue weighted by atomic mass is 35.5. The van der Waals surface area contributed by atoms with Crippen molar-refractivity contribution in [1.82, 2.24) is 19.9 Å². The Labute approximate surface area is 195 Å². The van der Waals surface area contributed by atoms with E-state index < -0.39 is 0 Å². The molecule has 4 heterocycles. The van der Waals surface area contributed by atoms with Gasteiger partial charge in [-0.15, -0.1) is 11.3 Å². The van der Waals surface area contributed by atoms with Crippen molar-refractivity contribution in [3.8, 4) is 11.3 Å². The zero-order valence-corrected chi connectivity index (χ0v) is 19.1. The van der Waals surface area contributed by atoms with E-state index >= 15 is 0 Å². The number of benzene rings is 1. The van der Waals surface area contributed by atoms with Gasteiger partial charge in [0.25, 0.3) is 0 Å². The Balaban J connectivity index is 1.32. The zero-order chi connectivity index (χ0) is 21.9. The molecule has 6 nitrogen and oxygen atoms in total. The lowest BCUT2D eigenvalue weighted by molar-refractivity contribution is -0.125. The number of nitrogens with zero attached hydrogens (tertiary/aromatic N) is 4. The Hall–Kier alpha value is -2.90. The minimum Gasteiger partial charge on any atom is -0.355 e. The Morgan fingerprint density at radius 2 is 2.16 bits per heavy atom. The number of halogens is 1. The second-order valence-electron chi connectivity index (χ2n) is 8.00. The summed E-state index contributed by atoms with van der Waals surface area (Å²) in [5.74, 6) is 0.943. The van der Waals surface area contributed by atoms with Gasteiger partial charge in [-0.05, 0) is 42.8 Å². The molecule has 1 atom stereocenters. The number of amides is 1. The van der Waals surface area contributed by atoms with Crippen molar-refractivity contribution < 1.29 is 4.79 Å². The van der Waals surface area contributed by atoms with Crippen LogP contribution in [0.25, 0.3) is 16.8 Å². The molecule has 32 heavy (non-hydrogen) atoms. The van der Waals surface area contributed by atoms with Crippen LogP contribution < -0.4 is 10.2 Å². The van der Waals surface area contributed by atoms with Gasteiger partial charge in [0, 0.05) is 42.5 Å². The standard InChI is InChI=1S/C24H24ClN5OS/c25-20-8-2-1-7-19(20)21-15-22-23(26-11-13-30(22)28-21)29-12-3-5-17(16-29)24(31)27-10-9-18-6-4-14-32-18/h1-2,4,6-8,11,13-15,17H,3,5,9-10,12,16H2,(H,27,31)/t17-/m0/s1. The lowest BCUT2D eigenvalue weighted by Gasteiger charge is -2.33. The maximum Gasteiger partial charge on any atom is 0.224 e. The van der Waals surface area contributed by atoms with Crippen LogP contribution in [0.4, 0.5) is 5.82 Å². The number of piperidine rings is 1. The quantitative estimate of drug-likeness (QED) is 0.449. The van der Waals surface area contributed by atoms with Crippen LogP contribution in [0.1, 0.15) is 17.7 Å². The number of rotatable bonds is 6. The molecule has 1 aromatic carbocycles. The van der Waals surface area contributed by atoms with Crippen LogP contribution in [0.3, 0.4) is 0 Å². The van der Waals surface area contributed by atoms with Crippen LogP contribution in [-0.2, 0) is 11.2 Å². The molecular formula is C24H24ClN5OS. The predicted octanol–water partition coefficient (Wildman–Crippen LogP) is 4.69. The molecule has 0 radical (unpaired) electrons. The van der Waals surface area contributed by atoms with Gasteiger partial charge in [-0.3, -0.25) is 4.79 Å². The van der Waals surface area contributed by atoms with Gasteiger partial charge in [0.2, 0.25) is 5.91 Å². The van der Waals surface area contributed by atoms with Crippen LogP contribution in [0.15, 0.2) is 60.2 Å². The monoisotopic (exact) mass is 465 g/mol. The molecule has 0 spiro atoms. The number of carbonyl (C=O) groups excluding carboxylic acids is 1. The molecule has 0 unspecified atom stereocenters. The third-order valence-corrected chi connectivity index (χ3v) is 7.13. The lowest BCUT2D eigenvalue weighted by atomic mass is 9.97. The van der Waals surface area contributed by atoms with E-state index in [0.29, 0.717) is 18.1 Å². The third kappa shape index (κ3) is 4.36. The number of nitrogens with one attached hydrogen (secondary N) is 1. The molecule has 0 aliphatic carbocycles. The number of hydrogen-bond donors (Lipinski definition) is 1. The van der Waals surface area contributed by atoms with Crippen molar-refractivity contribution in [2.45, 2.75) is 19.3 Å². The van der Waals surface area contributed by atoms with Gasteiger partial charge in [-0.2, -0.15) is 5.10 Å². The molecule has 1 fully saturated rings. The molecular weight excluding hydrogens is 442 g/mol. The van der Waals surface area contributed by atoms with E-state index in [1.807, 2.05) is 47.1 Å². The fraction of sp³-hybridized carbons (Fsp3) is 0.292. The molecule has 1 saturated heterocycles. The summed E-state index contributed by atoms with van der Waals surface area (Å²) in [5, 5.41) is 10.6. The van der Waals surface area contributed by atoms with Crippen molar-refractivity contribution >= 4 is 40.2 Å². The van der Waals surface area contributed by atoms with Gasteiger partial charge in [-0.1, -0.05) is 35.9 Å². The van der Waals surface area contributed by atoms with Crippen molar-refractivity contribution in [3.63, 3.8) is 0 Å². The van der Waals surface area contributed by atoms with Gasteiger partial charge in [0.05, 0.1) is 16.6 Å². The first-order valence-corrected chi connectivity index (χ1v) is 12.1. The maximum atomic E-state index is 12.8. The Kier molecular flexibility index (Phi) is 6.10. The van der Waals surface area contributed by atoms with Gasteiger partial charge >= 0.3 is 0 Å². The molecule has 4 aromatic rings. The average Bonchev–Trinajstić information content (AvgIpc) is 3.49. The summed E-state index contributed by atoms with van der Waals surface area (Å²) in [5.41, 5.74) is 2.62. The first-order valence-electron chi connectivity index (χ1n) is 10.8. The lowest BCUT2D eigenvalue weighted by Crippen LogP contribution is -2.44. The summed E-state index contributed by atoms with van der Waals surface area (Å²) in [4.78, 5) is 21.0. The van der Waals surface area contributed by atoms with E-state index in [1.165, 1.54) is 4.88 Å². The van der Waals surface area contributed by atoms with Crippen LogP contribution in [0.2, 0.25) is 5.02 Å². The van der Waals surface area contributed by atoms with E-state index in [2.05, 4.69) is 26.6 Å². The Bertz CT molecular complexity index is 1220. The summed E-state index contributed by atoms with van der Waals surface area (Å²) >= 11 is 8.11. The summed E-state index contributed by atoms with van der Waals surface area (Å²) in [6, 6.07) is 13.9. The van der Waals surface area contributed by atoms with Gasteiger partial charge in [-0.25, -0.2) is 9.50 Å². The normalized spacial score (nSPS) is 16.4. The van der Waals surface area contributed by atoms with Crippen LogP contribution in [0, 0.1) is 5.92 Å². The Morgan fingerprint density at radius 1 is 1.25 bits per heavy atom. The average molecular weight is 466 g/mol. The summed E-state index contributed by atoms with van der Waals surface area (Å²) in [6.45, 7) is 2.20. The minimum atomic E-state index is -0.0416. The van der Waals surface area contributed by atoms with E-state index in [1.54, 1.807) is 17.5 Å². The van der Waals surface area contributed by atoms with Gasteiger partial charge < -0.3 is 10.2 Å². The SMILES string of the molecule is O=C(NCCc1cccs1)[C@H]1CCCN(c2nccn3nc(-c4ccccc4Cl)cc23)C1. The van der Waals surface area contributed by atoms with Crippen molar-refractivity contribution in [1.29, 1.82) is 0 Å². The third-order valence-electron chi connectivity index (χ3n) is 5.86. The molecule has 1 aliphatic rings.